The summed E-state index contributed by atoms with van der Waals surface area (Å²) in [4.78, 5) is 2.11. The summed E-state index contributed by atoms with van der Waals surface area (Å²) in [7, 11) is 2.02. The van der Waals surface area contributed by atoms with Gasteiger partial charge >= 0.3 is 0 Å². The molecule has 0 spiro atoms. The average molecular weight is 222 g/mol. The van der Waals surface area contributed by atoms with Crippen LogP contribution in [0.4, 0.5) is 5.69 Å². The quantitative estimate of drug-likeness (QED) is 0.836. The van der Waals surface area contributed by atoms with Crippen LogP contribution >= 0.6 is 0 Å². The van der Waals surface area contributed by atoms with Gasteiger partial charge in [0, 0.05) is 31.4 Å². The van der Waals surface area contributed by atoms with Crippen molar-refractivity contribution in [2.45, 2.75) is 13.0 Å². The standard InChI is InChI=1S/C12H18N2O2/c1-9(13)8-14(2)10-3-4-11-12(7-10)16-6-5-15-11/h3-4,7,9H,5-6,8,13H2,1-2H3. The van der Waals surface area contributed by atoms with Crippen LogP contribution in [0.15, 0.2) is 18.2 Å². The molecule has 0 radical (unpaired) electrons. The Balaban J connectivity index is 2.16. The minimum atomic E-state index is 0.151. The lowest BCUT2D eigenvalue weighted by atomic mass is 10.2. The SMILES string of the molecule is CC(N)CN(C)c1ccc2c(c1)OCCO2. The molecule has 1 aliphatic rings. The number of benzene rings is 1. The Labute approximate surface area is 95.9 Å². The number of hydrogen-bond donors (Lipinski definition) is 1. The smallest absolute Gasteiger partial charge is 0.163 e. The molecule has 1 heterocycles. The zero-order chi connectivity index (χ0) is 11.5. The van der Waals surface area contributed by atoms with Crippen LogP contribution in [0.1, 0.15) is 6.92 Å². The minimum absolute atomic E-state index is 0.151. The lowest BCUT2D eigenvalue weighted by molar-refractivity contribution is 0.171. The summed E-state index contributed by atoms with van der Waals surface area (Å²) in [5.74, 6) is 1.64. The summed E-state index contributed by atoms with van der Waals surface area (Å²) in [5, 5.41) is 0. The number of ether oxygens (including phenoxy) is 2. The molecule has 88 valence electrons. The predicted molar refractivity (Wildman–Crippen MR) is 64.4 cm³/mol. The Morgan fingerprint density at radius 3 is 2.69 bits per heavy atom. The molecule has 2 rings (SSSR count). The van der Waals surface area contributed by atoms with Crippen LogP contribution in [0, 0.1) is 0 Å². The van der Waals surface area contributed by atoms with Gasteiger partial charge in [-0.1, -0.05) is 0 Å². The average Bonchev–Trinajstić information content (AvgIpc) is 2.27. The second-order valence-corrected chi connectivity index (χ2v) is 4.19. The fourth-order valence-corrected chi connectivity index (χ4v) is 1.81. The van der Waals surface area contributed by atoms with Crippen molar-refractivity contribution in [3.05, 3.63) is 18.2 Å². The molecule has 4 heteroatoms. The number of nitrogens with zero attached hydrogens (tertiary/aromatic N) is 1. The largest absolute Gasteiger partial charge is 0.486 e. The second kappa shape index (κ2) is 4.61. The lowest BCUT2D eigenvalue weighted by Crippen LogP contribution is -2.32. The van der Waals surface area contributed by atoms with Gasteiger partial charge in [0.2, 0.25) is 0 Å². The number of fused-ring (bicyclic) bond motifs is 1. The highest BCUT2D eigenvalue weighted by Gasteiger charge is 2.13. The molecule has 1 aliphatic heterocycles. The summed E-state index contributed by atoms with van der Waals surface area (Å²) < 4.78 is 11.0. The third-order valence-corrected chi connectivity index (χ3v) is 2.53. The molecule has 0 saturated heterocycles. The molecule has 1 aromatic carbocycles. The van der Waals surface area contributed by atoms with E-state index in [1.54, 1.807) is 0 Å². The first-order chi connectivity index (χ1) is 7.66. The van der Waals surface area contributed by atoms with Gasteiger partial charge in [-0.3, -0.25) is 0 Å². The topological polar surface area (TPSA) is 47.7 Å². The highest BCUT2D eigenvalue weighted by Crippen LogP contribution is 2.33. The van der Waals surface area contributed by atoms with Gasteiger partial charge in [0.15, 0.2) is 11.5 Å². The fraction of sp³-hybridized carbons (Fsp3) is 0.500. The second-order valence-electron chi connectivity index (χ2n) is 4.19. The van der Waals surface area contributed by atoms with Crippen molar-refractivity contribution in [2.24, 2.45) is 5.73 Å². The molecule has 0 bridgehead atoms. The van der Waals surface area contributed by atoms with Crippen molar-refractivity contribution in [1.82, 2.24) is 0 Å². The number of nitrogens with two attached hydrogens (primary N) is 1. The molecule has 0 fully saturated rings. The summed E-state index contributed by atoms with van der Waals surface area (Å²) in [6.07, 6.45) is 0. The van der Waals surface area contributed by atoms with E-state index in [1.165, 1.54) is 0 Å². The van der Waals surface area contributed by atoms with Gasteiger partial charge in [-0.2, -0.15) is 0 Å². The number of likely N-dealkylation sites (N-methyl/N-ethyl adjacent to an activating group) is 1. The van der Waals surface area contributed by atoms with Crippen LogP contribution in [0.25, 0.3) is 0 Å². The molecule has 1 unspecified atom stereocenters. The first-order valence-electron chi connectivity index (χ1n) is 5.53. The molecule has 0 aromatic heterocycles. The van der Waals surface area contributed by atoms with E-state index in [0.717, 1.165) is 23.7 Å². The molecular formula is C12H18N2O2. The molecule has 0 saturated carbocycles. The van der Waals surface area contributed by atoms with Gasteiger partial charge in [-0.25, -0.2) is 0 Å². The maximum atomic E-state index is 5.77. The normalized spacial score (nSPS) is 15.7. The highest BCUT2D eigenvalue weighted by atomic mass is 16.6. The van der Waals surface area contributed by atoms with Gasteiger partial charge in [-0.05, 0) is 19.1 Å². The van der Waals surface area contributed by atoms with E-state index in [9.17, 15) is 0 Å². The van der Waals surface area contributed by atoms with E-state index in [4.69, 9.17) is 15.2 Å². The van der Waals surface area contributed by atoms with Crippen LogP contribution < -0.4 is 20.1 Å². The highest BCUT2D eigenvalue weighted by molar-refractivity contribution is 5.56. The Morgan fingerprint density at radius 2 is 2.00 bits per heavy atom. The van der Waals surface area contributed by atoms with Gasteiger partial charge in [-0.15, -0.1) is 0 Å². The van der Waals surface area contributed by atoms with Gasteiger partial charge < -0.3 is 20.1 Å². The van der Waals surface area contributed by atoms with Gasteiger partial charge in [0.05, 0.1) is 0 Å². The zero-order valence-corrected chi connectivity index (χ0v) is 9.77. The van der Waals surface area contributed by atoms with Crippen molar-refractivity contribution >= 4 is 5.69 Å². The van der Waals surface area contributed by atoms with E-state index in [0.29, 0.717) is 13.2 Å². The third kappa shape index (κ3) is 2.39. The van der Waals surface area contributed by atoms with Crippen LogP contribution in [0.2, 0.25) is 0 Å². The van der Waals surface area contributed by atoms with E-state index in [1.807, 2.05) is 32.2 Å². The lowest BCUT2D eigenvalue weighted by Gasteiger charge is -2.24. The van der Waals surface area contributed by atoms with Crippen molar-refractivity contribution in [3.63, 3.8) is 0 Å². The summed E-state index contributed by atoms with van der Waals surface area (Å²) in [6, 6.07) is 6.12. The van der Waals surface area contributed by atoms with E-state index in [2.05, 4.69) is 4.90 Å². The molecule has 1 aromatic rings. The number of rotatable bonds is 3. The van der Waals surface area contributed by atoms with Crippen molar-refractivity contribution in [2.75, 3.05) is 31.7 Å². The fourth-order valence-electron chi connectivity index (χ4n) is 1.81. The van der Waals surface area contributed by atoms with Gasteiger partial charge in [0.1, 0.15) is 13.2 Å². The van der Waals surface area contributed by atoms with Crippen LogP contribution in [0.5, 0.6) is 11.5 Å². The minimum Gasteiger partial charge on any atom is -0.486 e. The van der Waals surface area contributed by atoms with Crippen LogP contribution in [-0.4, -0.2) is 32.8 Å². The summed E-state index contributed by atoms with van der Waals surface area (Å²) in [6.45, 7) is 4.06. The molecule has 0 aliphatic carbocycles. The van der Waals surface area contributed by atoms with Gasteiger partial charge in [0.25, 0.3) is 0 Å². The number of anilines is 1. The molecule has 0 amide bonds. The van der Waals surface area contributed by atoms with Crippen LogP contribution in [-0.2, 0) is 0 Å². The molecule has 4 nitrogen and oxygen atoms in total. The summed E-state index contributed by atoms with van der Waals surface area (Å²) >= 11 is 0. The Hall–Kier alpha value is -1.42. The first kappa shape index (κ1) is 11.1. The first-order valence-corrected chi connectivity index (χ1v) is 5.53. The Bertz CT molecular complexity index is 366. The molecule has 16 heavy (non-hydrogen) atoms. The predicted octanol–water partition coefficient (Wildman–Crippen LogP) is 1.24. The van der Waals surface area contributed by atoms with E-state index < -0.39 is 0 Å². The molecule has 1 atom stereocenters. The molecule has 2 N–H and O–H groups in total. The third-order valence-electron chi connectivity index (χ3n) is 2.53. The van der Waals surface area contributed by atoms with E-state index >= 15 is 0 Å². The van der Waals surface area contributed by atoms with Crippen molar-refractivity contribution in [1.29, 1.82) is 0 Å². The Morgan fingerprint density at radius 1 is 1.31 bits per heavy atom. The van der Waals surface area contributed by atoms with Crippen molar-refractivity contribution in [3.8, 4) is 11.5 Å². The zero-order valence-electron chi connectivity index (χ0n) is 9.77. The van der Waals surface area contributed by atoms with Crippen LogP contribution in [0.3, 0.4) is 0 Å². The van der Waals surface area contributed by atoms with E-state index in [-0.39, 0.29) is 6.04 Å². The van der Waals surface area contributed by atoms with Crippen molar-refractivity contribution < 1.29 is 9.47 Å². The number of hydrogen-bond acceptors (Lipinski definition) is 4. The monoisotopic (exact) mass is 222 g/mol. The summed E-state index contributed by atoms with van der Waals surface area (Å²) in [5.41, 5.74) is 6.87. The molecular weight excluding hydrogens is 204 g/mol. The maximum Gasteiger partial charge on any atom is 0.163 e. The maximum absolute atomic E-state index is 5.77. The Kier molecular flexibility index (Phi) is 3.19.